The van der Waals surface area contributed by atoms with Crippen molar-refractivity contribution in [2.24, 2.45) is 0 Å². The van der Waals surface area contributed by atoms with Gasteiger partial charge in [0.15, 0.2) is 5.75 Å². The Balaban J connectivity index is 1.50. The van der Waals surface area contributed by atoms with Crippen molar-refractivity contribution in [2.75, 3.05) is 20.3 Å². The maximum absolute atomic E-state index is 13.7. The van der Waals surface area contributed by atoms with Gasteiger partial charge >= 0.3 is 0 Å². The molecule has 0 spiro atoms. The molecule has 0 saturated heterocycles. The van der Waals surface area contributed by atoms with Crippen LogP contribution in [0, 0.1) is 0 Å². The minimum atomic E-state index is -0.284. The summed E-state index contributed by atoms with van der Waals surface area (Å²) < 4.78 is 13.2. The minimum Gasteiger partial charge on any atom is -0.505 e. The van der Waals surface area contributed by atoms with Gasteiger partial charge in [0, 0.05) is 0 Å². The molecule has 6 rings (SSSR count). The predicted molar refractivity (Wildman–Crippen MR) is 133 cm³/mol. The first-order valence-electron chi connectivity index (χ1n) is 11.2. The van der Waals surface area contributed by atoms with Gasteiger partial charge in [0.1, 0.15) is 17.1 Å². The molecule has 0 aliphatic carbocycles. The molecule has 4 heterocycles. The smallest absolute Gasteiger partial charge is 0.266 e. The number of aromatic amines is 1. The quantitative estimate of drug-likeness (QED) is 0.402. The van der Waals surface area contributed by atoms with Crippen molar-refractivity contribution >= 4 is 32.6 Å². The maximum Gasteiger partial charge on any atom is 0.266 e. The molecule has 0 unspecified atom stereocenters. The Morgan fingerprint density at radius 2 is 1.91 bits per heavy atom. The molecule has 2 aromatic carbocycles. The second-order valence-corrected chi connectivity index (χ2v) is 9.35. The van der Waals surface area contributed by atoms with E-state index >= 15 is 0 Å². The summed E-state index contributed by atoms with van der Waals surface area (Å²) in [7, 11) is 1.62. The Hall–Kier alpha value is -3.62. The minimum absolute atomic E-state index is 0.0324. The lowest BCUT2D eigenvalue weighted by Gasteiger charge is -2.12. The molecule has 1 aliphatic rings. The molecule has 2 N–H and O–H groups in total. The van der Waals surface area contributed by atoms with Gasteiger partial charge < -0.3 is 24.1 Å². The van der Waals surface area contributed by atoms with Gasteiger partial charge in [-0.1, -0.05) is 12.1 Å². The highest BCUT2D eigenvalue weighted by Gasteiger charge is 2.22. The monoisotopic (exact) mass is 473 g/mol. The standard InChI is InChI=1S/C26H23N3O4S/c1-32-18-4-2-15(3-5-18)14-29-21-8-11-34-24(21)23(30)22(26(29)31)25-27-19-12-16-6-9-33-10-7-17(16)13-20(19)28-25/h2-5,8,11-13,30H,6-7,9-10,14H2,1H3,(H,27,28). The number of methoxy groups -OCH3 is 1. The number of fused-ring (bicyclic) bond motifs is 3. The fraction of sp³-hybridized carbons (Fsp3) is 0.231. The molecule has 172 valence electrons. The van der Waals surface area contributed by atoms with Crippen LogP contribution in [0.5, 0.6) is 11.5 Å². The average molecular weight is 474 g/mol. The van der Waals surface area contributed by atoms with Gasteiger partial charge in [-0.25, -0.2) is 4.98 Å². The molecular weight excluding hydrogens is 450 g/mol. The van der Waals surface area contributed by atoms with Gasteiger partial charge in [0.05, 0.1) is 48.1 Å². The maximum atomic E-state index is 13.7. The predicted octanol–water partition coefficient (Wildman–Crippen LogP) is 4.48. The van der Waals surface area contributed by atoms with Crippen LogP contribution in [-0.2, 0) is 24.1 Å². The van der Waals surface area contributed by atoms with Crippen LogP contribution in [0.15, 0.2) is 52.6 Å². The van der Waals surface area contributed by atoms with Crippen LogP contribution < -0.4 is 10.3 Å². The molecule has 8 heteroatoms. The number of pyridine rings is 1. The van der Waals surface area contributed by atoms with E-state index in [1.54, 1.807) is 11.7 Å². The number of benzene rings is 2. The Morgan fingerprint density at radius 1 is 1.15 bits per heavy atom. The van der Waals surface area contributed by atoms with Gasteiger partial charge in [-0.05, 0) is 65.2 Å². The number of hydrogen-bond donors (Lipinski definition) is 2. The zero-order valence-corrected chi connectivity index (χ0v) is 19.4. The normalized spacial score (nSPS) is 13.8. The third kappa shape index (κ3) is 3.46. The van der Waals surface area contributed by atoms with Crippen LogP contribution >= 0.6 is 11.3 Å². The number of hydrogen-bond acceptors (Lipinski definition) is 6. The number of H-pyrrole nitrogens is 1. The lowest BCUT2D eigenvalue weighted by molar-refractivity contribution is 0.146. The lowest BCUT2D eigenvalue weighted by Crippen LogP contribution is -2.23. The zero-order valence-electron chi connectivity index (χ0n) is 18.6. The summed E-state index contributed by atoms with van der Waals surface area (Å²) in [5, 5.41) is 13.0. The second-order valence-electron chi connectivity index (χ2n) is 8.43. The molecule has 0 amide bonds. The average Bonchev–Trinajstić information content (AvgIpc) is 3.43. The van der Waals surface area contributed by atoms with E-state index in [0.29, 0.717) is 35.8 Å². The van der Waals surface area contributed by atoms with Gasteiger partial charge in [0.25, 0.3) is 5.56 Å². The Morgan fingerprint density at radius 3 is 2.68 bits per heavy atom. The summed E-state index contributed by atoms with van der Waals surface area (Å²) >= 11 is 1.41. The highest BCUT2D eigenvalue weighted by Crippen LogP contribution is 2.36. The number of aromatic hydroxyl groups is 1. The molecule has 3 aromatic heterocycles. The van der Waals surface area contributed by atoms with Gasteiger partial charge in [-0.3, -0.25) is 4.79 Å². The topological polar surface area (TPSA) is 89.4 Å². The molecule has 34 heavy (non-hydrogen) atoms. The van der Waals surface area contributed by atoms with E-state index in [0.717, 1.165) is 35.2 Å². The molecule has 1 aliphatic heterocycles. The van der Waals surface area contributed by atoms with E-state index in [9.17, 15) is 9.90 Å². The summed E-state index contributed by atoms with van der Waals surface area (Å²) in [4.78, 5) is 21.7. The van der Waals surface area contributed by atoms with Crippen LogP contribution in [0.25, 0.3) is 32.6 Å². The largest absolute Gasteiger partial charge is 0.505 e. The van der Waals surface area contributed by atoms with Crippen molar-refractivity contribution in [1.29, 1.82) is 0 Å². The number of imidazole rings is 1. The molecule has 0 fully saturated rings. The molecular formula is C26H23N3O4S. The van der Waals surface area contributed by atoms with E-state index in [2.05, 4.69) is 17.1 Å². The third-order valence-electron chi connectivity index (χ3n) is 6.42. The first kappa shape index (κ1) is 20.9. The number of aromatic nitrogens is 3. The highest BCUT2D eigenvalue weighted by molar-refractivity contribution is 7.17. The summed E-state index contributed by atoms with van der Waals surface area (Å²) in [5.74, 6) is 1.11. The van der Waals surface area contributed by atoms with E-state index in [-0.39, 0.29) is 16.9 Å². The van der Waals surface area contributed by atoms with Crippen LogP contribution in [0.3, 0.4) is 0 Å². The molecule has 7 nitrogen and oxygen atoms in total. The van der Waals surface area contributed by atoms with Crippen molar-refractivity contribution in [3.8, 4) is 22.9 Å². The van der Waals surface area contributed by atoms with Crippen molar-refractivity contribution in [2.45, 2.75) is 19.4 Å². The third-order valence-corrected chi connectivity index (χ3v) is 7.33. The lowest BCUT2D eigenvalue weighted by atomic mass is 10.0. The summed E-state index contributed by atoms with van der Waals surface area (Å²) in [6, 6.07) is 13.7. The van der Waals surface area contributed by atoms with E-state index in [1.165, 1.54) is 22.5 Å². The van der Waals surface area contributed by atoms with Crippen LogP contribution in [0.2, 0.25) is 0 Å². The number of nitrogens with zero attached hydrogens (tertiary/aromatic N) is 2. The Kier molecular flexibility index (Phi) is 5.12. The molecule has 0 bridgehead atoms. The zero-order chi connectivity index (χ0) is 23.2. The van der Waals surface area contributed by atoms with Gasteiger partial charge in [-0.15, -0.1) is 11.3 Å². The van der Waals surface area contributed by atoms with Crippen LogP contribution in [0.4, 0.5) is 0 Å². The summed E-state index contributed by atoms with van der Waals surface area (Å²) in [6.07, 6.45) is 1.69. The fourth-order valence-corrected chi connectivity index (χ4v) is 5.48. The first-order chi connectivity index (χ1) is 16.6. The SMILES string of the molecule is COc1ccc(Cn2c(=O)c(-c3nc4cc5c(cc4[nH]3)CCOCC5)c(O)c3sccc32)cc1. The Labute approximate surface area is 199 Å². The summed E-state index contributed by atoms with van der Waals surface area (Å²) in [5.41, 5.74) is 5.65. The van der Waals surface area contributed by atoms with E-state index in [1.807, 2.05) is 35.7 Å². The molecule has 5 aromatic rings. The van der Waals surface area contributed by atoms with E-state index in [4.69, 9.17) is 14.5 Å². The number of thiophene rings is 1. The van der Waals surface area contributed by atoms with Crippen LogP contribution in [-0.4, -0.2) is 40.0 Å². The fourth-order valence-electron chi connectivity index (χ4n) is 4.63. The molecule has 0 atom stereocenters. The van der Waals surface area contributed by atoms with Crippen molar-refractivity contribution in [3.05, 3.63) is 74.9 Å². The van der Waals surface area contributed by atoms with Gasteiger partial charge in [0.2, 0.25) is 0 Å². The van der Waals surface area contributed by atoms with Crippen molar-refractivity contribution in [1.82, 2.24) is 14.5 Å². The van der Waals surface area contributed by atoms with E-state index < -0.39 is 0 Å². The summed E-state index contributed by atoms with van der Waals surface area (Å²) in [6.45, 7) is 1.77. The first-order valence-corrected chi connectivity index (χ1v) is 12.1. The molecule has 0 saturated carbocycles. The Bertz CT molecular complexity index is 1540. The second kappa shape index (κ2) is 8.30. The molecule has 0 radical (unpaired) electrons. The number of nitrogens with one attached hydrogen (secondary N) is 1. The highest BCUT2D eigenvalue weighted by atomic mass is 32.1. The van der Waals surface area contributed by atoms with Gasteiger partial charge in [-0.2, -0.15) is 0 Å². The van der Waals surface area contributed by atoms with Crippen molar-refractivity contribution < 1.29 is 14.6 Å². The number of ether oxygens (including phenoxy) is 2. The van der Waals surface area contributed by atoms with Crippen LogP contribution in [0.1, 0.15) is 16.7 Å². The number of rotatable bonds is 4. The van der Waals surface area contributed by atoms with Crippen molar-refractivity contribution in [3.63, 3.8) is 0 Å².